The van der Waals surface area contributed by atoms with Crippen LogP contribution < -0.4 is 5.32 Å². The van der Waals surface area contributed by atoms with Gasteiger partial charge in [0.2, 0.25) is 0 Å². The van der Waals surface area contributed by atoms with E-state index in [1.165, 1.54) is 32.4 Å². The summed E-state index contributed by atoms with van der Waals surface area (Å²) in [5.74, 6) is 0.837. The molecule has 0 aromatic rings. The van der Waals surface area contributed by atoms with Gasteiger partial charge >= 0.3 is 0 Å². The lowest BCUT2D eigenvalue weighted by atomic mass is 10.00. The molecule has 0 radical (unpaired) electrons. The molecule has 17 heavy (non-hydrogen) atoms. The third kappa shape index (κ3) is 4.92. The zero-order valence-corrected chi connectivity index (χ0v) is 11.0. The van der Waals surface area contributed by atoms with Crippen LogP contribution in [-0.2, 0) is 9.47 Å². The maximum Gasteiger partial charge on any atom is 0.0620 e. The van der Waals surface area contributed by atoms with Gasteiger partial charge < -0.3 is 19.7 Å². The Kier molecular flexibility index (Phi) is 5.71. The molecule has 2 aliphatic rings. The van der Waals surface area contributed by atoms with Crippen LogP contribution in [0.1, 0.15) is 19.3 Å². The fourth-order valence-corrected chi connectivity index (χ4v) is 2.64. The van der Waals surface area contributed by atoms with Gasteiger partial charge in [-0.2, -0.15) is 0 Å². The molecule has 2 aliphatic heterocycles. The van der Waals surface area contributed by atoms with Gasteiger partial charge in [0.15, 0.2) is 0 Å². The van der Waals surface area contributed by atoms with Crippen LogP contribution in [0.5, 0.6) is 0 Å². The first kappa shape index (κ1) is 13.3. The van der Waals surface area contributed by atoms with Crippen molar-refractivity contribution in [1.29, 1.82) is 0 Å². The van der Waals surface area contributed by atoms with Gasteiger partial charge in [0.05, 0.1) is 13.2 Å². The Morgan fingerprint density at radius 2 is 2.00 bits per heavy atom. The molecule has 0 saturated carbocycles. The number of hydrogen-bond donors (Lipinski definition) is 1. The summed E-state index contributed by atoms with van der Waals surface area (Å²) < 4.78 is 10.9. The molecular formula is C13H26N2O2. The van der Waals surface area contributed by atoms with Gasteiger partial charge in [-0.25, -0.2) is 0 Å². The molecule has 0 aliphatic carbocycles. The first-order valence-electron chi connectivity index (χ1n) is 6.92. The largest absolute Gasteiger partial charge is 0.381 e. The predicted octanol–water partition coefficient (Wildman–Crippen LogP) is 0.723. The van der Waals surface area contributed by atoms with Crippen LogP contribution >= 0.6 is 0 Å². The number of nitrogens with one attached hydrogen (secondary N) is 1. The molecule has 2 rings (SSSR count). The zero-order chi connectivity index (χ0) is 11.9. The fraction of sp³-hybridized carbons (Fsp3) is 1.00. The summed E-state index contributed by atoms with van der Waals surface area (Å²) in [6, 6.07) is 0.556. The summed E-state index contributed by atoms with van der Waals surface area (Å²) in [5, 5.41) is 3.51. The predicted molar refractivity (Wildman–Crippen MR) is 68.3 cm³/mol. The minimum atomic E-state index is 0.556. The van der Waals surface area contributed by atoms with Crippen LogP contribution in [0.3, 0.4) is 0 Å². The molecule has 1 unspecified atom stereocenters. The van der Waals surface area contributed by atoms with Crippen LogP contribution in [0, 0.1) is 5.92 Å². The van der Waals surface area contributed by atoms with E-state index in [2.05, 4.69) is 17.3 Å². The molecule has 2 heterocycles. The van der Waals surface area contributed by atoms with Crippen LogP contribution in [0.4, 0.5) is 0 Å². The van der Waals surface area contributed by atoms with Crippen molar-refractivity contribution in [2.24, 2.45) is 5.92 Å². The Labute approximate surface area is 105 Å². The molecule has 100 valence electrons. The first-order chi connectivity index (χ1) is 8.34. The molecule has 0 spiro atoms. The molecular weight excluding hydrogens is 216 g/mol. The average Bonchev–Trinajstić information content (AvgIpc) is 2.39. The summed E-state index contributed by atoms with van der Waals surface area (Å²) in [7, 11) is 2.24. The van der Waals surface area contributed by atoms with E-state index in [4.69, 9.17) is 9.47 Å². The Morgan fingerprint density at radius 1 is 1.18 bits per heavy atom. The van der Waals surface area contributed by atoms with E-state index in [0.29, 0.717) is 6.04 Å². The normalized spacial score (nSPS) is 27.5. The van der Waals surface area contributed by atoms with Crippen LogP contribution in [-0.4, -0.2) is 64.1 Å². The van der Waals surface area contributed by atoms with E-state index in [0.717, 1.165) is 38.9 Å². The van der Waals surface area contributed by atoms with Gasteiger partial charge in [-0.1, -0.05) is 0 Å². The Balaban J connectivity index is 1.57. The Hall–Kier alpha value is -0.160. The number of rotatable bonds is 5. The molecule has 0 aromatic carbocycles. The van der Waals surface area contributed by atoms with E-state index in [1.807, 2.05) is 0 Å². The maximum atomic E-state index is 5.47. The van der Waals surface area contributed by atoms with Gasteiger partial charge in [-0.05, 0) is 38.8 Å². The highest BCUT2D eigenvalue weighted by molar-refractivity contribution is 4.73. The standard InChI is InChI=1S/C13H26N2O2/c1-15(10-12-3-7-16-8-4-12)6-2-13-11-17-9-5-14-13/h12-14H,2-11H2,1H3. The minimum absolute atomic E-state index is 0.556. The second-order valence-electron chi connectivity index (χ2n) is 5.33. The molecule has 1 N–H and O–H groups in total. The minimum Gasteiger partial charge on any atom is -0.381 e. The maximum absolute atomic E-state index is 5.47. The summed E-state index contributed by atoms with van der Waals surface area (Å²) >= 11 is 0. The lowest BCUT2D eigenvalue weighted by Crippen LogP contribution is -2.43. The quantitative estimate of drug-likeness (QED) is 0.770. The second-order valence-corrected chi connectivity index (χ2v) is 5.33. The first-order valence-corrected chi connectivity index (χ1v) is 6.92. The number of nitrogens with zero attached hydrogens (tertiary/aromatic N) is 1. The average molecular weight is 242 g/mol. The number of hydrogen-bond acceptors (Lipinski definition) is 4. The topological polar surface area (TPSA) is 33.7 Å². The molecule has 4 nitrogen and oxygen atoms in total. The second kappa shape index (κ2) is 7.31. The third-order valence-corrected chi connectivity index (χ3v) is 3.77. The fourth-order valence-electron chi connectivity index (χ4n) is 2.64. The molecule has 0 aromatic heterocycles. The summed E-state index contributed by atoms with van der Waals surface area (Å²) in [5.41, 5.74) is 0. The molecule has 1 atom stereocenters. The summed E-state index contributed by atoms with van der Waals surface area (Å²) in [6.45, 7) is 7.05. The lowest BCUT2D eigenvalue weighted by molar-refractivity contribution is 0.0515. The Bertz CT molecular complexity index is 202. The van der Waals surface area contributed by atoms with E-state index in [9.17, 15) is 0 Å². The monoisotopic (exact) mass is 242 g/mol. The summed E-state index contributed by atoms with van der Waals surface area (Å²) in [6.07, 6.45) is 3.66. The Morgan fingerprint density at radius 3 is 2.71 bits per heavy atom. The van der Waals surface area contributed by atoms with E-state index in [-0.39, 0.29) is 0 Å². The van der Waals surface area contributed by atoms with Crippen molar-refractivity contribution in [2.75, 3.05) is 53.1 Å². The van der Waals surface area contributed by atoms with Crippen molar-refractivity contribution < 1.29 is 9.47 Å². The van der Waals surface area contributed by atoms with Crippen molar-refractivity contribution in [2.45, 2.75) is 25.3 Å². The molecule has 2 fully saturated rings. The van der Waals surface area contributed by atoms with Gasteiger partial charge in [0.1, 0.15) is 0 Å². The molecule has 0 bridgehead atoms. The number of morpholine rings is 1. The van der Waals surface area contributed by atoms with E-state index >= 15 is 0 Å². The highest BCUT2D eigenvalue weighted by atomic mass is 16.5. The highest BCUT2D eigenvalue weighted by Crippen LogP contribution is 2.15. The van der Waals surface area contributed by atoms with E-state index in [1.54, 1.807) is 0 Å². The van der Waals surface area contributed by atoms with Gasteiger partial charge in [-0.15, -0.1) is 0 Å². The lowest BCUT2D eigenvalue weighted by Gasteiger charge is -2.29. The SMILES string of the molecule is CN(CCC1COCCN1)CC1CCOCC1. The van der Waals surface area contributed by atoms with Gasteiger partial charge in [0.25, 0.3) is 0 Å². The van der Waals surface area contributed by atoms with Crippen LogP contribution in [0.25, 0.3) is 0 Å². The van der Waals surface area contributed by atoms with Crippen molar-refractivity contribution in [3.05, 3.63) is 0 Å². The van der Waals surface area contributed by atoms with Gasteiger partial charge in [0, 0.05) is 32.3 Å². The molecule has 4 heteroatoms. The van der Waals surface area contributed by atoms with Crippen LogP contribution in [0.15, 0.2) is 0 Å². The smallest absolute Gasteiger partial charge is 0.0620 e. The molecule has 2 saturated heterocycles. The van der Waals surface area contributed by atoms with Crippen molar-refractivity contribution in [1.82, 2.24) is 10.2 Å². The highest BCUT2D eigenvalue weighted by Gasteiger charge is 2.17. The van der Waals surface area contributed by atoms with Crippen LogP contribution in [0.2, 0.25) is 0 Å². The van der Waals surface area contributed by atoms with Gasteiger partial charge in [-0.3, -0.25) is 0 Å². The van der Waals surface area contributed by atoms with E-state index < -0.39 is 0 Å². The summed E-state index contributed by atoms with van der Waals surface area (Å²) in [4.78, 5) is 2.46. The number of ether oxygens (including phenoxy) is 2. The zero-order valence-electron chi connectivity index (χ0n) is 11.0. The van der Waals surface area contributed by atoms with Crippen molar-refractivity contribution in [3.8, 4) is 0 Å². The molecule has 0 amide bonds. The third-order valence-electron chi connectivity index (χ3n) is 3.77. The van der Waals surface area contributed by atoms with Crippen molar-refractivity contribution >= 4 is 0 Å². The van der Waals surface area contributed by atoms with Crippen molar-refractivity contribution in [3.63, 3.8) is 0 Å².